The van der Waals surface area contributed by atoms with Crippen molar-refractivity contribution in [2.75, 3.05) is 0 Å². The third-order valence-electron chi connectivity index (χ3n) is 6.35. The van der Waals surface area contributed by atoms with Crippen molar-refractivity contribution in [1.29, 1.82) is 5.26 Å². The summed E-state index contributed by atoms with van der Waals surface area (Å²) in [6.07, 6.45) is -8.80. The van der Waals surface area contributed by atoms with Crippen LogP contribution in [0, 0.1) is 16.7 Å². The van der Waals surface area contributed by atoms with Gasteiger partial charge in [0.05, 0.1) is 22.7 Å². The maximum atomic E-state index is 14.5. The van der Waals surface area contributed by atoms with Gasteiger partial charge in [0.1, 0.15) is 5.92 Å². The lowest BCUT2D eigenvalue weighted by atomic mass is 9.91. The molecule has 4 rings (SSSR count). The molecule has 1 aliphatic heterocycles. The van der Waals surface area contributed by atoms with E-state index in [2.05, 4.69) is 11.2 Å². The Morgan fingerprint density at radius 2 is 1.58 bits per heavy atom. The van der Waals surface area contributed by atoms with E-state index in [9.17, 15) is 40.8 Å². The van der Waals surface area contributed by atoms with Crippen molar-refractivity contribution < 1.29 is 40.2 Å². The fourth-order valence-electron chi connectivity index (χ4n) is 4.02. The first-order valence-corrected chi connectivity index (χ1v) is 11.9. The van der Waals surface area contributed by atoms with Gasteiger partial charge in [-0.3, -0.25) is 4.79 Å². The van der Waals surface area contributed by atoms with Gasteiger partial charge in [-0.15, -0.1) is 0 Å². The number of alkyl halides is 7. The first kappa shape index (κ1) is 28.3. The predicted octanol–water partition coefficient (Wildman–Crippen LogP) is 8.31. The van der Waals surface area contributed by atoms with E-state index in [-0.39, 0.29) is 40.5 Å². The van der Waals surface area contributed by atoms with Gasteiger partial charge in [0, 0.05) is 45.3 Å². The third kappa shape index (κ3) is 4.90. The maximum absolute atomic E-state index is 14.5. The second kappa shape index (κ2) is 9.50. The monoisotopic (exact) mass is 598 g/mol. The highest BCUT2D eigenvalue weighted by atomic mass is 35.5. The lowest BCUT2D eigenvalue weighted by Crippen LogP contribution is -2.50. The van der Waals surface area contributed by atoms with Crippen LogP contribution in [0.5, 0.6) is 0 Å². The van der Waals surface area contributed by atoms with Crippen molar-refractivity contribution in [3.05, 3.63) is 62.1 Å². The average Bonchev–Trinajstić information content (AvgIpc) is 3.42. The van der Waals surface area contributed by atoms with Crippen LogP contribution in [0.25, 0.3) is 0 Å². The van der Waals surface area contributed by atoms with E-state index in [4.69, 9.17) is 34.8 Å². The Bertz CT molecular complexity index is 1390. The Kier molecular flexibility index (Phi) is 7.09. The van der Waals surface area contributed by atoms with E-state index in [1.807, 2.05) is 0 Å². The highest BCUT2D eigenvalue weighted by molar-refractivity contribution is 6.37. The van der Waals surface area contributed by atoms with Gasteiger partial charge >= 0.3 is 18.0 Å². The molecule has 0 aromatic heterocycles. The van der Waals surface area contributed by atoms with Crippen molar-refractivity contribution in [3.8, 4) is 6.07 Å². The predicted molar refractivity (Wildman–Crippen MR) is 126 cm³/mol. The summed E-state index contributed by atoms with van der Waals surface area (Å²) in [5.41, 5.74) is -7.81. The van der Waals surface area contributed by atoms with Crippen LogP contribution < -0.4 is 0 Å². The smallest absolute Gasteiger partial charge is 0.294 e. The summed E-state index contributed by atoms with van der Waals surface area (Å²) in [7, 11) is 0. The van der Waals surface area contributed by atoms with E-state index in [1.54, 1.807) is 0 Å². The fourth-order valence-corrected chi connectivity index (χ4v) is 4.98. The van der Waals surface area contributed by atoms with Crippen LogP contribution in [-0.2, 0) is 5.67 Å². The highest BCUT2D eigenvalue weighted by Gasteiger charge is 2.73. The van der Waals surface area contributed by atoms with E-state index in [1.165, 1.54) is 35.3 Å². The van der Waals surface area contributed by atoms with Gasteiger partial charge in [0.2, 0.25) is 5.69 Å². The summed E-state index contributed by atoms with van der Waals surface area (Å²) in [6, 6.07) is 6.99. The molecule has 2 aromatic carbocycles. The number of ketones is 1. The molecule has 1 heterocycles. The molecule has 1 atom stereocenters. The zero-order chi connectivity index (χ0) is 28.3. The molecule has 0 spiro atoms. The minimum absolute atomic E-state index is 0.00818. The number of Topliss-reactive ketones (excluding diaryl/α,β-unsaturated/α-hetero) is 1. The summed E-state index contributed by atoms with van der Waals surface area (Å²) in [6.45, 7) is 0. The van der Waals surface area contributed by atoms with Crippen LogP contribution in [0.15, 0.2) is 35.4 Å². The molecule has 38 heavy (non-hydrogen) atoms. The second-order valence-electron chi connectivity index (χ2n) is 8.95. The number of hydrogen-bond donors (Lipinski definition) is 0. The number of rotatable bonds is 6. The minimum Gasteiger partial charge on any atom is -0.294 e. The Hall–Kier alpha value is -2.68. The molecule has 4 nitrogen and oxygen atoms in total. The molecule has 14 heteroatoms. The molecule has 0 amide bonds. The number of hydrogen-bond acceptors (Lipinski definition) is 3. The van der Waals surface area contributed by atoms with Crippen LogP contribution in [0.2, 0.25) is 15.1 Å². The van der Waals surface area contributed by atoms with Gasteiger partial charge in [0.15, 0.2) is 12.0 Å². The summed E-state index contributed by atoms with van der Waals surface area (Å²) in [4.78, 5) is 12.7. The van der Waals surface area contributed by atoms with Crippen molar-refractivity contribution in [2.24, 2.45) is 10.5 Å². The molecule has 1 unspecified atom stereocenters. The van der Waals surface area contributed by atoms with Gasteiger partial charge < -0.3 is 0 Å². The van der Waals surface area contributed by atoms with Crippen LogP contribution >= 0.6 is 34.8 Å². The molecule has 2 aliphatic rings. The lowest BCUT2D eigenvalue weighted by molar-refractivity contribution is -0.437. The minimum atomic E-state index is -6.33. The van der Waals surface area contributed by atoms with Crippen LogP contribution in [0.3, 0.4) is 0 Å². The van der Waals surface area contributed by atoms with Crippen molar-refractivity contribution in [3.63, 3.8) is 0 Å². The van der Waals surface area contributed by atoms with Gasteiger partial charge in [0.25, 0.3) is 0 Å². The van der Waals surface area contributed by atoms with Gasteiger partial charge in [-0.25, -0.2) is 4.39 Å². The SMILES string of the molecule is N#CC1(CC(=O)c2cc([N+]3=CC(c4c(Cl)cc(C(F)(C(F)(F)F)C(F)(F)F)cc4Cl)C=N3)ccc2Cl)CC1. The quantitative estimate of drug-likeness (QED) is 0.191. The lowest BCUT2D eigenvalue weighted by Gasteiger charge is -2.30. The molecule has 1 fully saturated rings. The van der Waals surface area contributed by atoms with E-state index < -0.39 is 45.0 Å². The topological polar surface area (TPSA) is 56.2 Å². The average molecular weight is 600 g/mol. The number of carbonyl (C=O) groups excluding carboxylic acids is 1. The van der Waals surface area contributed by atoms with E-state index in [0.717, 1.165) is 0 Å². The molecule has 0 saturated heterocycles. The zero-order valence-electron chi connectivity index (χ0n) is 18.8. The van der Waals surface area contributed by atoms with Crippen LogP contribution in [0.1, 0.15) is 46.7 Å². The zero-order valence-corrected chi connectivity index (χ0v) is 21.0. The first-order valence-electron chi connectivity index (χ1n) is 10.8. The van der Waals surface area contributed by atoms with Gasteiger partial charge in [-0.2, -0.15) is 31.6 Å². The van der Waals surface area contributed by atoms with E-state index in [0.29, 0.717) is 18.5 Å². The van der Waals surface area contributed by atoms with Gasteiger partial charge in [-0.05, 0) is 36.1 Å². The highest BCUT2D eigenvalue weighted by Crippen LogP contribution is 2.54. The Morgan fingerprint density at radius 1 is 1.00 bits per heavy atom. The summed E-state index contributed by atoms with van der Waals surface area (Å²) in [5.74, 6) is -1.26. The Morgan fingerprint density at radius 3 is 2.08 bits per heavy atom. The van der Waals surface area contributed by atoms with Crippen LogP contribution in [0.4, 0.5) is 36.4 Å². The normalized spacial score (nSPS) is 18.8. The number of carbonyl (C=O) groups is 1. The first-order chi connectivity index (χ1) is 17.5. The Labute approximate surface area is 225 Å². The molecule has 2 aromatic rings. The fraction of sp³-hybridized carbons (Fsp3) is 0.333. The molecule has 1 aliphatic carbocycles. The Balaban J connectivity index is 1.67. The standard InChI is InChI=1S/C24H14Cl3F7N3O/c25-16-2-1-14(7-15(16)19(38)8-21(11-35)3-4-21)37-10-12(9-36-37)20-17(26)5-13(6-18(20)27)22(28,23(29,30)31)24(32,33)34/h1-2,5-7,9-10,12H,3-4,8H2/q+1. The summed E-state index contributed by atoms with van der Waals surface area (Å²) in [5, 5.41) is 12.2. The number of nitriles is 1. The molecular formula is C24H14Cl3F7N3O+. The number of halogens is 10. The summed E-state index contributed by atoms with van der Waals surface area (Å²) < 4.78 is 94.7. The number of benzene rings is 2. The number of nitrogens with zero attached hydrogens (tertiary/aromatic N) is 3. The third-order valence-corrected chi connectivity index (χ3v) is 7.30. The van der Waals surface area contributed by atoms with Crippen molar-refractivity contribution in [1.82, 2.24) is 0 Å². The van der Waals surface area contributed by atoms with Gasteiger partial charge in [-0.1, -0.05) is 39.5 Å². The summed E-state index contributed by atoms with van der Waals surface area (Å²) >= 11 is 18.2. The van der Waals surface area contributed by atoms with Crippen molar-refractivity contribution in [2.45, 2.75) is 43.2 Å². The molecule has 200 valence electrons. The second-order valence-corrected chi connectivity index (χ2v) is 10.2. The molecule has 1 saturated carbocycles. The van der Waals surface area contributed by atoms with Crippen molar-refractivity contribution >= 4 is 58.7 Å². The maximum Gasteiger partial charge on any atom is 0.435 e. The molecule has 0 radical (unpaired) electrons. The molecule has 0 N–H and O–H groups in total. The largest absolute Gasteiger partial charge is 0.435 e. The number of hydrazone groups is 1. The van der Waals surface area contributed by atoms with Crippen LogP contribution in [-0.4, -0.2) is 35.2 Å². The van der Waals surface area contributed by atoms with E-state index >= 15 is 0 Å². The molecular weight excluding hydrogens is 586 g/mol. The molecule has 0 bridgehead atoms.